The molecule has 0 rings (SSSR count). The van der Waals surface area contributed by atoms with E-state index in [0.717, 1.165) is 0 Å². The quantitative estimate of drug-likeness (QED) is 0.463. The predicted octanol–water partition coefficient (Wildman–Crippen LogP) is -1.24. The Kier molecular flexibility index (Phi) is 140000. The first-order valence-electron chi connectivity index (χ1n) is 0. The van der Waals surface area contributed by atoms with Crippen LogP contribution in [0.5, 0.6) is 0 Å². The van der Waals surface area contributed by atoms with Crippen molar-refractivity contribution in [2.45, 2.75) is 0 Å². The molecule has 7 N–H and O–H groups in total. The first kappa shape index (κ1) is 1340. The Morgan fingerprint density at radius 3 is 0.333 bits per heavy atom. The van der Waals surface area contributed by atoms with Gasteiger partial charge < -0.3 is 38.3 Å². The van der Waals surface area contributed by atoms with Crippen molar-refractivity contribution in [2.24, 2.45) is 0 Å². The summed E-state index contributed by atoms with van der Waals surface area (Å²) in [5, 5.41) is 0. The summed E-state index contributed by atoms with van der Waals surface area (Å²) in [4.78, 5) is 0. The molecule has 0 bridgehead atoms. The van der Waals surface area contributed by atoms with Gasteiger partial charge in [-0.05, 0) is 0 Å². The van der Waals surface area contributed by atoms with E-state index in [4.69, 9.17) is 0 Å². The predicted molar refractivity (Wildman–Crippen MR) is 13.6 cm³/mol. The van der Waals surface area contributed by atoms with Crippen LogP contribution in [-0.4, -0.2) is 38.3 Å². The van der Waals surface area contributed by atoms with E-state index in [9.17, 15) is 0 Å². The van der Waals surface area contributed by atoms with E-state index in [0.29, 0.717) is 0 Å². The molecule has 69 valence electrons. The van der Waals surface area contributed by atoms with Gasteiger partial charge in [0.15, 0.2) is 0 Å². The van der Waals surface area contributed by atoms with Crippen LogP contribution in [0.4, 0.5) is 0 Å². The Bertz CT molecular complexity index is 8.88. The van der Waals surface area contributed by atoms with Gasteiger partial charge in [-0.2, -0.15) is 0 Å². The van der Waals surface area contributed by atoms with Crippen LogP contribution in [0.2, 0.25) is 0 Å². The molecule has 0 amide bonds. The second-order valence-electron chi connectivity index (χ2n) is 0. The van der Waals surface area contributed by atoms with Gasteiger partial charge in [-0.25, -0.2) is 0 Å². The molecule has 7 nitrogen and oxygen atoms in total. The SMILES string of the molecule is [Co+3].[Mn].[OH-].[OH-].[OH-].[OH-].[OH-].[OH-].[OH-]. The molecule has 0 saturated heterocycles. The summed E-state index contributed by atoms with van der Waals surface area (Å²) >= 11 is 0. The van der Waals surface area contributed by atoms with Crippen molar-refractivity contribution in [1.82, 2.24) is 0 Å². The molecule has 0 aromatic rings. The zero-order valence-electron chi connectivity index (χ0n) is 3.84. The van der Waals surface area contributed by atoms with Gasteiger partial charge in [-0.15, -0.1) is 0 Å². The summed E-state index contributed by atoms with van der Waals surface area (Å²) in [7, 11) is 0. The van der Waals surface area contributed by atoms with Crippen molar-refractivity contribution in [3.05, 3.63) is 0 Å². The molecule has 0 atom stereocenters. The van der Waals surface area contributed by atoms with Crippen LogP contribution in [0.1, 0.15) is 0 Å². The van der Waals surface area contributed by atoms with Gasteiger partial charge in [0.05, 0.1) is 0 Å². The van der Waals surface area contributed by atoms with E-state index in [1.54, 1.807) is 0 Å². The molecule has 0 aromatic carbocycles. The molecule has 1 radical (unpaired) electrons. The number of hydrogen-bond donors (Lipinski definition) is 0. The second-order valence-corrected chi connectivity index (χ2v) is 0. The minimum Gasteiger partial charge on any atom is -0.870 e. The van der Waals surface area contributed by atoms with Crippen molar-refractivity contribution in [3.8, 4) is 0 Å². The normalized spacial score (nSPS) is 0. The molecule has 0 saturated carbocycles. The summed E-state index contributed by atoms with van der Waals surface area (Å²) in [5.74, 6) is 0. The van der Waals surface area contributed by atoms with E-state index in [2.05, 4.69) is 0 Å². The molecule has 0 aliphatic carbocycles. The van der Waals surface area contributed by atoms with Crippen LogP contribution in [0.25, 0.3) is 0 Å². The van der Waals surface area contributed by atoms with Crippen LogP contribution in [-0.2, 0) is 33.8 Å². The summed E-state index contributed by atoms with van der Waals surface area (Å²) in [5.41, 5.74) is 0. The van der Waals surface area contributed by atoms with Crippen molar-refractivity contribution in [3.63, 3.8) is 0 Å². The smallest absolute Gasteiger partial charge is 0.870 e. The van der Waals surface area contributed by atoms with Crippen molar-refractivity contribution >= 4 is 0 Å². The third kappa shape index (κ3) is 715. The van der Waals surface area contributed by atoms with Crippen molar-refractivity contribution in [1.29, 1.82) is 0 Å². The average Bonchev–Trinajstić information content (AvgIpc) is 0. The average molecular weight is 233 g/mol. The van der Waals surface area contributed by atoms with E-state index in [1.807, 2.05) is 0 Å². The number of rotatable bonds is 0. The molecule has 0 aromatic heterocycles. The van der Waals surface area contributed by atoms with Gasteiger partial charge in [-0.3, -0.25) is 0 Å². The molecule has 0 aliphatic rings. The summed E-state index contributed by atoms with van der Waals surface area (Å²) in [6.45, 7) is 0. The molecular formula is H7CoMnO7-4. The fourth-order valence-electron chi connectivity index (χ4n) is 0. The van der Waals surface area contributed by atoms with E-state index < -0.39 is 0 Å². The zero-order valence-corrected chi connectivity index (χ0v) is 6.06. The van der Waals surface area contributed by atoms with Crippen LogP contribution in [0.3, 0.4) is 0 Å². The molecule has 0 fully saturated rings. The van der Waals surface area contributed by atoms with Gasteiger partial charge >= 0.3 is 16.8 Å². The van der Waals surface area contributed by atoms with Gasteiger partial charge in [0, 0.05) is 17.1 Å². The van der Waals surface area contributed by atoms with Crippen molar-refractivity contribution < 1.29 is 72.2 Å². The third-order valence-electron chi connectivity index (χ3n) is 0. The fraction of sp³-hybridized carbons (Fsp3) is 0. The minimum absolute atomic E-state index is 0. The molecular weight excluding hydrogens is 226 g/mol. The van der Waals surface area contributed by atoms with Crippen LogP contribution in [0.15, 0.2) is 0 Å². The van der Waals surface area contributed by atoms with Crippen molar-refractivity contribution in [2.75, 3.05) is 0 Å². The zero-order chi connectivity index (χ0) is 0. The topological polar surface area (TPSA) is 210 Å². The standard InChI is InChI=1S/Co.Mn.7H2O/h;;7*1H2/q+3;;;;;;;;/p-7. The van der Waals surface area contributed by atoms with Crippen LogP contribution in [0, 0.1) is 0 Å². The minimum atomic E-state index is 0. The monoisotopic (exact) mass is 233 g/mol. The molecule has 9 heavy (non-hydrogen) atoms. The molecule has 0 aliphatic heterocycles. The van der Waals surface area contributed by atoms with E-state index >= 15 is 0 Å². The van der Waals surface area contributed by atoms with Crippen LogP contribution >= 0.6 is 0 Å². The Hall–Kier alpha value is 0.746. The Morgan fingerprint density at radius 1 is 0.333 bits per heavy atom. The first-order chi connectivity index (χ1) is 0. The molecule has 9 heteroatoms. The summed E-state index contributed by atoms with van der Waals surface area (Å²) in [6.07, 6.45) is 0. The van der Waals surface area contributed by atoms with Gasteiger partial charge in [0.25, 0.3) is 0 Å². The summed E-state index contributed by atoms with van der Waals surface area (Å²) < 4.78 is 0. The number of hydrogen-bond acceptors (Lipinski definition) is 7. The molecule has 0 spiro atoms. The maximum Gasteiger partial charge on any atom is 3.00 e. The van der Waals surface area contributed by atoms with Gasteiger partial charge in [0.1, 0.15) is 0 Å². The maximum absolute atomic E-state index is 0. The van der Waals surface area contributed by atoms with E-state index in [1.165, 1.54) is 0 Å². The first-order valence-corrected chi connectivity index (χ1v) is 0. The molecule has 0 heterocycles. The Labute approximate surface area is 72.6 Å². The third-order valence-corrected chi connectivity index (χ3v) is 0. The maximum atomic E-state index is 0. The largest absolute Gasteiger partial charge is 3.00 e. The van der Waals surface area contributed by atoms with Crippen LogP contribution < -0.4 is 0 Å². The van der Waals surface area contributed by atoms with Gasteiger partial charge in [0.2, 0.25) is 0 Å². The fourth-order valence-corrected chi connectivity index (χ4v) is 0. The Morgan fingerprint density at radius 2 is 0.333 bits per heavy atom. The summed E-state index contributed by atoms with van der Waals surface area (Å²) in [6, 6.07) is 0. The van der Waals surface area contributed by atoms with Gasteiger partial charge in [-0.1, -0.05) is 0 Å². The Balaban J connectivity index is 0. The second kappa shape index (κ2) is 943. The van der Waals surface area contributed by atoms with E-state index in [-0.39, 0.29) is 72.2 Å². The molecule has 0 unspecified atom stereocenters.